The van der Waals surface area contributed by atoms with Crippen LogP contribution in [0.2, 0.25) is 0 Å². The van der Waals surface area contributed by atoms with Gasteiger partial charge in [-0.3, -0.25) is 4.79 Å². The van der Waals surface area contributed by atoms with Crippen molar-refractivity contribution in [2.45, 2.75) is 19.3 Å². The molecule has 0 saturated carbocycles. The van der Waals surface area contributed by atoms with Crippen molar-refractivity contribution in [3.05, 3.63) is 29.8 Å². The van der Waals surface area contributed by atoms with Crippen molar-refractivity contribution in [3.8, 4) is 5.75 Å². The average Bonchev–Trinajstić information content (AvgIpc) is 2.94. The van der Waals surface area contributed by atoms with Gasteiger partial charge in [0.1, 0.15) is 5.82 Å². The summed E-state index contributed by atoms with van der Waals surface area (Å²) in [6, 6.07) is 3.13. The number of aliphatic hydroxyl groups excluding tert-OH is 1. The van der Waals surface area contributed by atoms with Crippen LogP contribution in [0.15, 0.2) is 18.2 Å². The molecule has 1 atom stereocenters. The van der Waals surface area contributed by atoms with Gasteiger partial charge in [-0.05, 0) is 25.0 Å². The third-order valence-corrected chi connectivity index (χ3v) is 3.58. The zero-order valence-corrected chi connectivity index (χ0v) is 11.7. The number of carbonyl (C=O) groups excluding carboxylic acids is 1. The molecule has 1 saturated heterocycles. The van der Waals surface area contributed by atoms with E-state index in [1.807, 2.05) is 0 Å². The van der Waals surface area contributed by atoms with Crippen LogP contribution in [0.1, 0.15) is 19.3 Å². The van der Waals surface area contributed by atoms with E-state index in [1.165, 1.54) is 6.07 Å². The number of amides is 1. The van der Waals surface area contributed by atoms with Crippen molar-refractivity contribution in [2.24, 2.45) is 5.92 Å². The van der Waals surface area contributed by atoms with Gasteiger partial charge in [0, 0.05) is 38.1 Å². The van der Waals surface area contributed by atoms with Gasteiger partial charge in [-0.2, -0.15) is 0 Å². The first-order valence-corrected chi connectivity index (χ1v) is 7.06. The van der Waals surface area contributed by atoms with Crippen LogP contribution in [0.25, 0.3) is 0 Å². The highest BCUT2D eigenvalue weighted by molar-refractivity contribution is 5.76. The molecule has 1 fully saturated rings. The first kappa shape index (κ1) is 15.7. The molecule has 1 amide bonds. The van der Waals surface area contributed by atoms with Crippen molar-refractivity contribution in [1.82, 2.24) is 4.90 Å². The van der Waals surface area contributed by atoms with E-state index in [9.17, 15) is 13.6 Å². The van der Waals surface area contributed by atoms with Crippen LogP contribution in [-0.2, 0) is 4.79 Å². The molecule has 1 N–H and O–H groups in total. The number of carbonyl (C=O) groups is 1. The molecule has 116 valence electrons. The topological polar surface area (TPSA) is 49.8 Å². The second-order valence-electron chi connectivity index (χ2n) is 5.20. The number of halogens is 2. The zero-order chi connectivity index (χ0) is 15.2. The van der Waals surface area contributed by atoms with Crippen LogP contribution in [0.4, 0.5) is 8.78 Å². The largest absolute Gasteiger partial charge is 0.491 e. The molecule has 0 radical (unpaired) electrons. The van der Waals surface area contributed by atoms with Gasteiger partial charge < -0.3 is 14.7 Å². The SMILES string of the molecule is O=C(CCCOc1ccc(F)cc1F)N1CCC(CO)C1. The summed E-state index contributed by atoms with van der Waals surface area (Å²) >= 11 is 0. The molecule has 0 aromatic heterocycles. The molecular weight excluding hydrogens is 280 g/mol. The summed E-state index contributed by atoms with van der Waals surface area (Å²) in [6.45, 7) is 1.59. The zero-order valence-electron chi connectivity index (χ0n) is 11.7. The number of aliphatic hydroxyl groups is 1. The van der Waals surface area contributed by atoms with E-state index in [1.54, 1.807) is 4.90 Å². The third-order valence-electron chi connectivity index (χ3n) is 3.58. The summed E-state index contributed by atoms with van der Waals surface area (Å²) in [4.78, 5) is 13.6. The monoisotopic (exact) mass is 299 g/mol. The van der Waals surface area contributed by atoms with Crippen molar-refractivity contribution in [1.29, 1.82) is 0 Å². The van der Waals surface area contributed by atoms with E-state index in [-0.39, 0.29) is 30.8 Å². The average molecular weight is 299 g/mol. The molecule has 1 heterocycles. The Kier molecular flexibility index (Phi) is 5.50. The summed E-state index contributed by atoms with van der Waals surface area (Å²) in [5, 5.41) is 9.03. The minimum atomic E-state index is -0.744. The second-order valence-corrected chi connectivity index (χ2v) is 5.20. The maximum absolute atomic E-state index is 13.3. The lowest BCUT2D eigenvalue weighted by Gasteiger charge is -2.16. The quantitative estimate of drug-likeness (QED) is 0.817. The standard InChI is InChI=1S/C15H19F2NO3/c16-12-3-4-14(13(17)8-12)21-7-1-2-15(20)18-6-5-11(9-18)10-19/h3-4,8,11,19H,1-2,5-7,9-10H2. The van der Waals surface area contributed by atoms with Crippen LogP contribution in [0, 0.1) is 17.6 Å². The third kappa shape index (κ3) is 4.39. The van der Waals surface area contributed by atoms with E-state index in [0.29, 0.717) is 25.9 Å². The molecule has 0 bridgehead atoms. The smallest absolute Gasteiger partial charge is 0.222 e. The Morgan fingerprint density at radius 3 is 2.90 bits per heavy atom. The van der Waals surface area contributed by atoms with Crippen LogP contribution >= 0.6 is 0 Å². The summed E-state index contributed by atoms with van der Waals surface area (Å²) in [5.41, 5.74) is 0. The Hall–Kier alpha value is -1.69. The van der Waals surface area contributed by atoms with Crippen molar-refractivity contribution >= 4 is 5.91 Å². The van der Waals surface area contributed by atoms with Gasteiger partial charge >= 0.3 is 0 Å². The van der Waals surface area contributed by atoms with Crippen LogP contribution in [-0.4, -0.2) is 42.2 Å². The Balaban J connectivity index is 1.69. The predicted molar refractivity (Wildman–Crippen MR) is 72.9 cm³/mol. The number of hydrogen-bond acceptors (Lipinski definition) is 3. The maximum Gasteiger partial charge on any atom is 0.222 e. The normalized spacial score (nSPS) is 18.0. The summed E-state index contributed by atoms with van der Waals surface area (Å²) in [5.74, 6) is -1.20. The fourth-order valence-electron chi connectivity index (χ4n) is 2.36. The Bertz CT molecular complexity index is 496. The van der Waals surface area contributed by atoms with Crippen LogP contribution in [0.3, 0.4) is 0 Å². The first-order valence-electron chi connectivity index (χ1n) is 7.06. The van der Waals surface area contributed by atoms with E-state index < -0.39 is 11.6 Å². The number of ether oxygens (including phenoxy) is 1. The highest BCUT2D eigenvalue weighted by atomic mass is 19.1. The van der Waals surface area contributed by atoms with Gasteiger partial charge in [0.2, 0.25) is 5.91 Å². The van der Waals surface area contributed by atoms with Crippen molar-refractivity contribution < 1.29 is 23.4 Å². The summed E-state index contributed by atoms with van der Waals surface area (Å²) in [6.07, 6.45) is 1.62. The van der Waals surface area contributed by atoms with E-state index in [2.05, 4.69) is 0 Å². The molecule has 0 spiro atoms. The lowest BCUT2D eigenvalue weighted by Crippen LogP contribution is -2.29. The number of hydrogen-bond donors (Lipinski definition) is 1. The fraction of sp³-hybridized carbons (Fsp3) is 0.533. The highest BCUT2D eigenvalue weighted by Gasteiger charge is 2.25. The summed E-state index contributed by atoms with van der Waals surface area (Å²) < 4.78 is 31.2. The molecule has 21 heavy (non-hydrogen) atoms. The van der Waals surface area contributed by atoms with Crippen molar-refractivity contribution in [3.63, 3.8) is 0 Å². The number of rotatable bonds is 6. The highest BCUT2D eigenvalue weighted by Crippen LogP contribution is 2.19. The molecule has 1 aromatic rings. The van der Waals surface area contributed by atoms with Gasteiger partial charge in [-0.1, -0.05) is 0 Å². The van der Waals surface area contributed by atoms with E-state index in [0.717, 1.165) is 18.6 Å². The Labute approximate surface area is 122 Å². The molecule has 1 aromatic carbocycles. The van der Waals surface area contributed by atoms with Gasteiger partial charge in [0.15, 0.2) is 11.6 Å². The lowest BCUT2D eigenvalue weighted by molar-refractivity contribution is -0.130. The molecule has 1 unspecified atom stereocenters. The number of benzene rings is 1. The second kappa shape index (κ2) is 7.36. The van der Waals surface area contributed by atoms with Gasteiger partial charge in [0.25, 0.3) is 0 Å². The minimum Gasteiger partial charge on any atom is -0.491 e. The van der Waals surface area contributed by atoms with Gasteiger partial charge in [0.05, 0.1) is 6.61 Å². The van der Waals surface area contributed by atoms with Crippen LogP contribution < -0.4 is 4.74 Å². The fourth-order valence-corrected chi connectivity index (χ4v) is 2.36. The van der Waals surface area contributed by atoms with E-state index in [4.69, 9.17) is 9.84 Å². The minimum absolute atomic E-state index is 0.00892. The molecule has 2 rings (SSSR count). The molecule has 0 aliphatic carbocycles. The van der Waals surface area contributed by atoms with E-state index >= 15 is 0 Å². The molecule has 1 aliphatic rings. The summed E-state index contributed by atoms with van der Waals surface area (Å²) in [7, 11) is 0. The molecule has 6 heteroatoms. The Morgan fingerprint density at radius 2 is 2.24 bits per heavy atom. The number of nitrogens with zero attached hydrogens (tertiary/aromatic N) is 1. The van der Waals surface area contributed by atoms with Gasteiger partial charge in [-0.25, -0.2) is 8.78 Å². The van der Waals surface area contributed by atoms with Crippen LogP contribution in [0.5, 0.6) is 5.75 Å². The molecule has 1 aliphatic heterocycles. The number of likely N-dealkylation sites (tertiary alicyclic amines) is 1. The molecular formula is C15H19F2NO3. The lowest BCUT2D eigenvalue weighted by atomic mass is 10.1. The van der Waals surface area contributed by atoms with Crippen molar-refractivity contribution in [2.75, 3.05) is 26.3 Å². The molecule has 4 nitrogen and oxygen atoms in total. The Morgan fingerprint density at radius 1 is 1.43 bits per heavy atom. The predicted octanol–water partition coefficient (Wildman–Crippen LogP) is 1.96. The first-order chi connectivity index (χ1) is 10.1. The maximum atomic E-state index is 13.3. The van der Waals surface area contributed by atoms with Gasteiger partial charge in [-0.15, -0.1) is 0 Å².